The zero-order valence-corrected chi connectivity index (χ0v) is 9.62. The molecule has 84 valence electrons. The number of hydrogen-bond donors (Lipinski definition) is 2. The maximum Gasteiger partial charge on any atom is 0.191 e. The van der Waals surface area contributed by atoms with E-state index in [1.807, 2.05) is 17.8 Å². The van der Waals surface area contributed by atoms with Gasteiger partial charge in [0.2, 0.25) is 0 Å². The molecule has 0 radical (unpaired) electrons. The summed E-state index contributed by atoms with van der Waals surface area (Å²) in [5, 5.41) is 10.4. The summed E-state index contributed by atoms with van der Waals surface area (Å²) < 4.78 is 1.83. The summed E-state index contributed by atoms with van der Waals surface area (Å²) in [6.07, 6.45) is 1.78. The molecule has 0 unspecified atom stereocenters. The molecule has 0 amide bonds. The molecule has 1 aromatic heterocycles. The van der Waals surface area contributed by atoms with E-state index in [9.17, 15) is 0 Å². The first-order chi connectivity index (χ1) is 7.27. The van der Waals surface area contributed by atoms with Crippen molar-refractivity contribution in [3.8, 4) is 0 Å². The fraction of sp³-hybridized carbons (Fsp3) is 0.600. The van der Waals surface area contributed by atoms with Gasteiger partial charge in [0.15, 0.2) is 5.96 Å². The van der Waals surface area contributed by atoms with Crippen LogP contribution < -0.4 is 10.6 Å². The molecule has 0 aliphatic rings. The maximum atomic E-state index is 4.44. The molecule has 5 nitrogen and oxygen atoms in total. The van der Waals surface area contributed by atoms with E-state index < -0.39 is 0 Å². The van der Waals surface area contributed by atoms with Crippen molar-refractivity contribution in [2.24, 2.45) is 12.0 Å². The van der Waals surface area contributed by atoms with Gasteiger partial charge in [0.25, 0.3) is 0 Å². The monoisotopic (exact) mass is 209 g/mol. The van der Waals surface area contributed by atoms with E-state index in [4.69, 9.17) is 0 Å². The predicted octanol–water partition coefficient (Wildman–Crippen LogP) is 0.495. The predicted molar refractivity (Wildman–Crippen MR) is 61.7 cm³/mol. The van der Waals surface area contributed by atoms with Crippen LogP contribution >= 0.6 is 0 Å². The van der Waals surface area contributed by atoms with Crippen LogP contribution in [-0.2, 0) is 13.6 Å². The Morgan fingerprint density at radius 1 is 1.40 bits per heavy atom. The van der Waals surface area contributed by atoms with Gasteiger partial charge < -0.3 is 10.6 Å². The lowest BCUT2D eigenvalue weighted by atomic mass is 10.4. The topological polar surface area (TPSA) is 54.2 Å². The summed E-state index contributed by atoms with van der Waals surface area (Å²) >= 11 is 0. The van der Waals surface area contributed by atoms with E-state index in [2.05, 4.69) is 34.6 Å². The number of rotatable bonds is 4. The number of aryl methyl sites for hydroxylation is 1. The van der Waals surface area contributed by atoms with E-state index in [1.165, 1.54) is 0 Å². The first kappa shape index (κ1) is 11.6. The average molecular weight is 209 g/mol. The molecule has 0 saturated heterocycles. The third kappa shape index (κ3) is 3.61. The van der Waals surface area contributed by atoms with E-state index in [1.54, 1.807) is 6.20 Å². The molecule has 0 bridgehead atoms. The Bertz CT molecular complexity index is 307. The van der Waals surface area contributed by atoms with Gasteiger partial charge in [-0.2, -0.15) is 5.10 Å². The average Bonchev–Trinajstić information content (AvgIpc) is 2.61. The van der Waals surface area contributed by atoms with Crippen molar-refractivity contribution in [1.29, 1.82) is 0 Å². The second kappa shape index (κ2) is 6.06. The molecule has 1 aromatic rings. The van der Waals surface area contributed by atoms with E-state index in [-0.39, 0.29) is 0 Å². The van der Waals surface area contributed by atoms with Crippen molar-refractivity contribution < 1.29 is 0 Å². The van der Waals surface area contributed by atoms with Crippen LogP contribution in [-0.4, -0.2) is 28.8 Å². The van der Waals surface area contributed by atoms with Crippen LogP contribution in [0.1, 0.15) is 19.5 Å². The number of aliphatic imine (C=N–C) groups is 1. The van der Waals surface area contributed by atoms with Crippen LogP contribution in [0.25, 0.3) is 0 Å². The van der Waals surface area contributed by atoms with Crippen molar-refractivity contribution in [3.63, 3.8) is 0 Å². The molecule has 1 heterocycles. The smallest absolute Gasteiger partial charge is 0.191 e. The van der Waals surface area contributed by atoms with Crippen molar-refractivity contribution in [3.05, 3.63) is 18.0 Å². The fourth-order valence-electron chi connectivity index (χ4n) is 1.23. The highest BCUT2D eigenvalue weighted by atomic mass is 15.3. The van der Waals surface area contributed by atoms with Gasteiger partial charge in [-0.25, -0.2) is 4.99 Å². The van der Waals surface area contributed by atoms with E-state index >= 15 is 0 Å². The molecule has 2 N–H and O–H groups in total. The number of guanidine groups is 1. The van der Waals surface area contributed by atoms with Gasteiger partial charge in [0.05, 0.1) is 12.2 Å². The third-order valence-electron chi connectivity index (χ3n) is 2.01. The van der Waals surface area contributed by atoms with Crippen molar-refractivity contribution in [2.45, 2.75) is 20.4 Å². The van der Waals surface area contributed by atoms with Crippen molar-refractivity contribution in [2.75, 3.05) is 13.1 Å². The molecule has 15 heavy (non-hydrogen) atoms. The van der Waals surface area contributed by atoms with Crippen LogP contribution in [0.4, 0.5) is 0 Å². The van der Waals surface area contributed by atoms with E-state index in [0.717, 1.165) is 24.7 Å². The highest BCUT2D eigenvalue weighted by Crippen LogP contribution is 1.97. The molecular weight excluding hydrogens is 190 g/mol. The zero-order chi connectivity index (χ0) is 11.1. The third-order valence-corrected chi connectivity index (χ3v) is 2.01. The maximum absolute atomic E-state index is 4.44. The largest absolute Gasteiger partial charge is 0.357 e. The molecule has 0 atom stereocenters. The molecule has 0 spiro atoms. The summed E-state index contributed by atoms with van der Waals surface area (Å²) in [6.45, 7) is 6.49. The highest BCUT2D eigenvalue weighted by molar-refractivity contribution is 5.79. The standard InChI is InChI=1S/C10H19N5/c1-4-11-10(12-5-2)13-8-9-6-7-14-15(9)3/h6-7H,4-5,8H2,1-3H3,(H2,11,12,13). The van der Waals surface area contributed by atoms with Gasteiger partial charge in [-0.05, 0) is 19.9 Å². The quantitative estimate of drug-likeness (QED) is 0.560. The Morgan fingerprint density at radius 2 is 2.07 bits per heavy atom. The van der Waals surface area contributed by atoms with Crippen molar-refractivity contribution >= 4 is 5.96 Å². The van der Waals surface area contributed by atoms with Crippen LogP contribution in [0.2, 0.25) is 0 Å². The Hall–Kier alpha value is -1.52. The highest BCUT2D eigenvalue weighted by Gasteiger charge is 1.98. The molecule has 5 heteroatoms. The normalized spacial score (nSPS) is 9.80. The van der Waals surface area contributed by atoms with Gasteiger partial charge in [0, 0.05) is 26.3 Å². The number of nitrogens with one attached hydrogen (secondary N) is 2. The minimum atomic E-state index is 0.645. The summed E-state index contributed by atoms with van der Waals surface area (Å²) in [7, 11) is 1.92. The molecule has 1 rings (SSSR count). The first-order valence-corrected chi connectivity index (χ1v) is 5.27. The minimum Gasteiger partial charge on any atom is -0.357 e. The Labute approximate surface area is 90.6 Å². The molecule has 0 aliphatic carbocycles. The SMILES string of the molecule is CCNC(=NCc1ccnn1C)NCC. The molecule has 0 aromatic carbocycles. The second-order valence-electron chi connectivity index (χ2n) is 3.17. The summed E-state index contributed by atoms with van der Waals surface area (Å²) in [4.78, 5) is 4.44. The van der Waals surface area contributed by atoms with Gasteiger partial charge in [-0.15, -0.1) is 0 Å². The molecular formula is C10H19N5. The Morgan fingerprint density at radius 3 is 2.53 bits per heavy atom. The van der Waals surface area contributed by atoms with Crippen LogP contribution in [0.15, 0.2) is 17.3 Å². The zero-order valence-electron chi connectivity index (χ0n) is 9.62. The van der Waals surface area contributed by atoms with Gasteiger partial charge in [-0.1, -0.05) is 0 Å². The molecule has 0 fully saturated rings. The second-order valence-corrected chi connectivity index (χ2v) is 3.17. The Balaban J connectivity index is 2.56. The van der Waals surface area contributed by atoms with Crippen LogP contribution in [0.5, 0.6) is 0 Å². The minimum absolute atomic E-state index is 0.645. The van der Waals surface area contributed by atoms with Gasteiger partial charge in [-0.3, -0.25) is 4.68 Å². The van der Waals surface area contributed by atoms with Crippen molar-refractivity contribution in [1.82, 2.24) is 20.4 Å². The summed E-state index contributed by atoms with van der Waals surface area (Å²) in [5.74, 6) is 0.848. The Kier molecular flexibility index (Phi) is 4.66. The van der Waals surface area contributed by atoms with Gasteiger partial charge in [0.1, 0.15) is 0 Å². The lowest BCUT2D eigenvalue weighted by Gasteiger charge is -2.08. The number of aromatic nitrogens is 2. The molecule has 0 saturated carbocycles. The van der Waals surface area contributed by atoms with E-state index in [0.29, 0.717) is 6.54 Å². The van der Waals surface area contributed by atoms with Crippen LogP contribution in [0, 0.1) is 0 Å². The number of hydrogen-bond acceptors (Lipinski definition) is 2. The molecule has 0 aliphatic heterocycles. The van der Waals surface area contributed by atoms with Crippen LogP contribution in [0.3, 0.4) is 0 Å². The number of nitrogens with zero attached hydrogens (tertiary/aromatic N) is 3. The summed E-state index contributed by atoms with van der Waals surface area (Å²) in [5.41, 5.74) is 1.10. The van der Waals surface area contributed by atoms with Gasteiger partial charge >= 0.3 is 0 Å². The fourth-order valence-corrected chi connectivity index (χ4v) is 1.23. The lowest BCUT2D eigenvalue weighted by Crippen LogP contribution is -2.37. The first-order valence-electron chi connectivity index (χ1n) is 5.27. The summed E-state index contributed by atoms with van der Waals surface area (Å²) in [6, 6.07) is 1.97. The lowest BCUT2D eigenvalue weighted by molar-refractivity contribution is 0.708.